The van der Waals surface area contributed by atoms with Crippen molar-refractivity contribution < 1.29 is 19.0 Å². The number of ether oxygens (including phenoxy) is 3. The van der Waals surface area contributed by atoms with Gasteiger partial charge in [-0.1, -0.05) is 18.7 Å². The summed E-state index contributed by atoms with van der Waals surface area (Å²) in [6, 6.07) is 2.03. The lowest BCUT2D eigenvalue weighted by Gasteiger charge is -2.46. The summed E-state index contributed by atoms with van der Waals surface area (Å²) in [5.41, 5.74) is 2.80. The van der Waals surface area contributed by atoms with Gasteiger partial charge in [-0.05, 0) is 38.3 Å². The third-order valence-corrected chi connectivity index (χ3v) is 7.80. The minimum absolute atomic E-state index is 0.0394. The standard InChI is InChI=1S/C26H28N4O4S/c1-4-17(6-5-16(2)9-27)20-14-35-23-21(20)28-15-29-24(23)33-22-18-10-30(11-19(22)13-32-12-18)25(31)34-26(3)7-8-26/h4-6,14-15,18-19,22H,2,7-8,10-13H2,1,3H3. The Kier molecular flexibility index (Phi) is 6.34. The molecular formula is C26H28N4O4S. The normalized spacial score (nSPS) is 25.3. The van der Waals surface area contributed by atoms with E-state index < -0.39 is 0 Å². The molecule has 2 unspecified atom stereocenters. The molecule has 1 aliphatic carbocycles. The Balaban J connectivity index is 1.35. The first-order valence-corrected chi connectivity index (χ1v) is 12.7. The van der Waals surface area contributed by atoms with Crippen molar-refractivity contribution in [2.24, 2.45) is 11.8 Å². The zero-order valence-corrected chi connectivity index (χ0v) is 20.7. The van der Waals surface area contributed by atoms with Crippen LogP contribution in [0.25, 0.3) is 15.8 Å². The summed E-state index contributed by atoms with van der Waals surface area (Å²) in [7, 11) is 0. The quantitative estimate of drug-likeness (QED) is 0.424. The summed E-state index contributed by atoms with van der Waals surface area (Å²) >= 11 is 1.53. The summed E-state index contributed by atoms with van der Waals surface area (Å²) in [6.07, 6.45) is 8.58. The second-order valence-corrected chi connectivity index (χ2v) is 10.5. The summed E-state index contributed by atoms with van der Waals surface area (Å²) in [4.78, 5) is 23.5. The maximum atomic E-state index is 12.7. The fraction of sp³-hybridized carbons (Fsp3) is 0.462. The van der Waals surface area contributed by atoms with Gasteiger partial charge in [0, 0.05) is 41.4 Å². The van der Waals surface area contributed by atoms with Gasteiger partial charge >= 0.3 is 6.09 Å². The molecule has 4 heterocycles. The fourth-order valence-corrected chi connectivity index (χ4v) is 5.57. The number of piperidine rings is 1. The summed E-state index contributed by atoms with van der Waals surface area (Å²) in [6.45, 7) is 9.77. The van der Waals surface area contributed by atoms with Crippen molar-refractivity contribution in [2.45, 2.75) is 38.4 Å². The molecule has 2 atom stereocenters. The van der Waals surface area contributed by atoms with Gasteiger partial charge in [-0.15, -0.1) is 11.3 Å². The van der Waals surface area contributed by atoms with Gasteiger partial charge < -0.3 is 19.1 Å². The summed E-state index contributed by atoms with van der Waals surface area (Å²) in [5.74, 6) is 0.630. The maximum absolute atomic E-state index is 12.7. The zero-order chi connectivity index (χ0) is 24.6. The highest BCUT2D eigenvalue weighted by Gasteiger charge is 2.47. The van der Waals surface area contributed by atoms with Crippen molar-refractivity contribution in [2.75, 3.05) is 26.3 Å². The minimum atomic E-state index is -0.289. The molecule has 2 aliphatic heterocycles. The third kappa shape index (κ3) is 4.81. The molecule has 182 valence electrons. The maximum Gasteiger partial charge on any atom is 0.410 e. The molecule has 8 nitrogen and oxygen atoms in total. The molecule has 0 N–H and O–H groups in total. The fourth-order valence-electron chi connectivity index (χ4n) is 4.61. The number of fused-ring (bicyclic) bond motifs is 3. The van der Waals surface area contributed by atoms with Crippen LogP contribution in [0.2, 0.25) is 0 Å². The Morgan fingerprint density at radius 1 is 1.31 bits per heavy atom. The Labute approximate surface area is 208 Å². The Hall–Kier alpha value is -3.22. The van der Waals surface area contributed by atoms with Gasteiger partial charge in [0.15, 0.2) is 0 Å². The molecule has 2 saturated heterocycles. The number of thiophene rings is 1. The van der Waals surface area contributed by atoms with Crippen LogP contribution < -0.4 is 4.74 Å². The van der Waals surface area contributed by atoms with Crippen LogP contribution in [-0.2, 0) is 9.47 Å². The molecular weight excluding hydrogens is 464 g/mol. The van der Waals surface area contributed by atoms with Crippen LogP contribution in [0.3, 0.4) is 0 Å². The first kappa shape index (κ1) is 23.5. The van der Waals surface area contributed by atoms with Gasteiger partial charge in [0.1, 0.15) is 22.7 Å². The van der Waals surface area contributed by atoms with E-state index in [9.17, 15) is 4.79 Å². The molecule has 1 amide bonds. The first-order valence-electron chi connectivity index (χ1n) is 11.8. The van der Waals surface area contributed by atoms with E-state index in [-0.39, 0.29) is 29.6 Å². The van der Waals surface area contributed by atoms with Crippen LogP contribution in [0.1, 0.15) is 32.3 Å². The van der Waals surface area contributed by atoms with Crippen LogP contribution in [0.4, 0.5) is 4.79 Å². The third-order valence-electron chi connectivity index (χ3n) is 6.85. The van der Waals surface area contributed by atoms with Crippen LogP contribution in [0, 0.1) is 23.2 Å². The number of allylic oxidation sites excluding steroid dienone is 5. The molecule has 3 fully saturated rings. The Morgan fingerprint density at radius 2 is 2.06 bits per heavy atom. The lowest BCUT2D eigenvalue weighted by molar-refractivity contribution is -0.111. The van der Waals surface area contributed by atoms with Gasteiger partial charge in [0.05, 0.1) is 24.8 Å². The molecule has 3 aliphatic rings. The number of carbonyl (C=O) groups is 1. The number of aromatic nitrogens is 2. The molecule has 2 aromatic rings. The number of nitriles is 1. The molecule has 5 rings (SSSR count). The smallest absolute Gasteiger partial charge is 0.410 e. The number of likely N-dealkylation sites (tertiary alicyclic amines) is 1. The van der Waals surface area contributed by atoms with Crippen LogP contribution in [-0.4, -0.2) is 59.0 Å². The average Bonchev–Trinajstić information content (AvgIpc) is 3.41. The van der Waals surface area contributed by atoms with E-state index in [1.807, 2.05) is 37.4 Å². The van der Waals surface area contributed by atoms with Crippen molar-refractivity contribution in [1.29, 1.82) is 5.26 Å². The van der Waals surface area contributed by atoms with E-state index >= 15 is 0 Å². The molecule has 0 radical (unpaired) electrons. The second kappa shape index (κ2) is 9.44. The molecule has 9 heteroatoms. The SMILES string of the molecule is C=C(C#N)C=CC(=CC)c1csc2c(OC3C4COCC3CN(C(=O)OC3(C)CC3)C4)ncnc12. The van der Waals surface area contributed by atoms with Crippen molar-refractivity contribution >= 4 is 33.2 Å². The minimum Gasteiger partial charge on any atom is -0.472 e. The second-order valence-electron chi connectivity index (χ2n) is 9.58. The van der Waals surface area contributed by atoms with Crippen molar-refractivity contribution in [3.05, 3.63) is 47.7 Å². The highest BCUT2D eigenvalue weighted by Crippen LogP contribution is 2.41. The zero-order valence-electron chi connectivity index (χ0n) is 19.9. The Bertz CT molecular complexity index is 1240. The van der Waals surface area contributed by atoms with Crippen molar-refractivity contribution in [3.8, 4) is 11.9 Å². The van der Waals surface area contributed by atoms with E-state index in [1.165, 1.54) is 17.7 Å². The van der Waals surface area contributed by atoms with Gasteiger partial charge in [-0.2, -0.15) is 5.26 Å². The number of amides is 1. The summed E-state index contributed by atoms with van der Waals surface area (Å²) in [5, 5.41) is 11.0. The lowest BCUT2D eigenvalue weighted by atomic mass is 9.84. The predicted octanol–water partition coefficient (Wildman–Crippen LogP) is 4.75. The molecule has 0 aromatic carbocycles. The predicted molar refractivity (Wildman–Crippen MR) is 133 cm³/mol. The van der Waals surface area contributed by atoms with E-state index in [1.54, 1.807) is 11.0 Å². The number of hydrogen-bond donors (Lipinski definition) is 0. The average molecular weight is 493 g/mol. The van der Waals surface area contributed by atoms with E-state index in [0.29, 0.717) is 37.8 Å². The topological polar surface area (TPSA) is 97.6 Å². The summed E-state index contributed by atoms with van der Waals surface area (Å²) < 4.78 is 18.9. The van der Waals surface area contributed by atoms with Crippen molar-refractivity contribution in [3.63, 3.8) is 0 Å². The highest BCUT2D eigenvalue weighted by atomic mass is 32.1. The van der Waals surface area contributed by atoms with Crippen molar-refractivity contribution in [1.82, 2.24) is 14.9 Å². The molecule has 2 bridgehead atoms. The van der Waals surface area contributed by atoms with Gasteiger partial charge in [-0.3, -0.25) is 0 Å². The molecule has 0 spiro atoms. The number of carbonyl (C=O) groups excluding carboxylic acids is 1. The molecule has 1 saturated carbocycles. The van der Waals surface area contributed by atoms with E-state index in [2.05, 4.69) is 16.5 Å². The Morgan fingerprint density at radius 3 is 2.71 bits per heavy atom. The van der Waals surface area contributed by atoms with E-state index in [0.717, 1.165) is 34.2 Å². The number of nitrogens with zero attached hydrogens (tertiary/aromatic N) is 4. The molecule has 35 heavy (non-hydrogen) atoms. The number of rotatable bonds is 6. The lowest BCUT2D eigenvalue weighted by Crippen LogP contribution is -2.59. The number of hydrogen-bond acceptors (Lipinski definition) is 8. The van der Waals surface area contributed by atoms with Crippen LogP contribution in [0.5, 0.6) is 5.88 Å². The molecule has 2 aromatic heterocycles. The highest BCUT2D eigenvalue weighted by molar-refractivity contribution is 7.17. The largest absolute Gasteiger partial charge is 0.472 e. The van der Waals surface area contributed by atoms with Gasteiger partial charge in [0.25, 0.3) is 0 Å². The first-order chi connectivity index (χ1) is 16.9. The van der Waals surface area contributed by atoms with Crippen LogP contribution >= 0.6 is 11.3 Å². The van der Waals surface area contributed by atoms with E-state index in [4.69, 9.17) is 19.5 Å². The monoisotopic (exact) mass is 492 g/mol. The van der Waals surface area contributed by atoms with Crippen LogP contribution in [0.15, 0.2) is 42.1 Å². The van der Waals surface area contributed by atoms with Gasteiger partial charge in [0.2, 0.25) is 5.88 Å². The van der Waals surface area contributed by atoms with Gasteiger partial charge in [-0.25, -0.2) is 14.8 Å².